The molecule has 5 heteroatoms. The van der Waals surface area contributed by atoms with Crippen molar-refractivity contribution in [2.24, 2.45) is 0 Å². The second-order valence-electron chi connectivity index (χ2n) is 6.07. The van der Waals surface area contributed by atoms with Gasteiger partial charge in [-0.3, -0.25) is 4.79 Å². The number of nitrogens with zero attached hydrogens (tertiary/aromatic N) is 3. The summed E-state index contributed by atoms with van der Waals surface area (Å²) in [7, 11) is 0. The van der Waals surface area contributed by atoms with Gasteiger partial charge in [-0.25, -0.2) is 9.97 Å². The number of aryl methyl sites for hydroxylation is 2. The Hall–Kier alpha value is -2.01. The maximum absolute atomic E-state index is 12.7. The highest BCUT2D eigenvalue weighted by molar-refractivity contribution is 5.97. The summed E-state index contributed by atoms with van der Waals surface area (Å²) in [6, 6.07) is 5.54. The average Bonchev–Trinajstić information content (AvgIpc) is 2.46. The number of rotatable bonds is 1. The first-order valence-corrected chi connectivity index (χ1v) is 7.64. The lowest BCUT2D eigenvalue weighted by atomic mass is 10.1. The van der Waals surface area contributed by atoms with Crippen LogP contribution >= 0.6 is 0 Å². The van der Waals surface area contributed by atoms with Crippen molar-refractivity contribution in [3.63, 3.8) is 0 Å². The Bertz CT molecular complexity index is 719. The molecule has 0 spiro atoms. The Morgan fingerprint density at radius 3 is 2.32 bits per heavy atom. The maximum atomic E-state index is 12.7. The maximum Gasteiger partial charge on any atom is 0.254 e. The van der Waals surface area contributed by atoms with Crippen molar-refractivity contribution in [1.29, 1.82) is 0 Å². The number of carbonyl (C=O) groups excluding carboxylic acids is 1. The lowest BCUT2D eigenvalue weighted by Crippen LogP contribution is -2.48. The van der Waals surface area contributed by atoms with Crippen LogP contribution in [0.1, 0.15) is 35.6 Å². The smallest absolute Gasteiger partial charge is 0.254 e. The summed E-state index contributed by atoms with van der Waals surface area (Å²) in [5.41, 5.74) is 4.06. The van der Waals surface area contributed by atoms with Gasteiger partial charge >= 0.3 is 0 Å². The monoisotopic (exact) mass is 299 g/mol. The fourth-order valence-electron chi connectivity index (χ4n) is 2.89. The number of hydrogen-bond donors (Lipinski definition) is 0. The summed E-state index contributed by atoms with van der Waals surface area (Å²) >= 11 is 0. The van der Waals surface area contributed by atoms with Gasteiger partial charge in [0.2, 0.25) is 0 Å². The van der Waals surface area contributed by atoms with Crippen LogP contribution in [0.25, 0.3) is 11.0 Å². The Balaban J connectivity index is 1.92. The fourth-order valence-corrected chi connectivity index (χ4v) is 2.89. The molecule has 0 N–H and O–H groups in total. The van der Waals surface area contributed by atoms with Crippen molar-refractivity contribution in [2.45, 2.75) is 39.9 Å². The van der Waals surface area contributed by atoms with Gasteiger partial charge in [-0.1, -0.05) is 0 Å². The summed E-state index contributed by atoms with van der Waals surface area (Å²) in [5.74, 6) is 0.0314. The largest absolute Gasteiger partial charge is 0.372 e. The molecule has 0 saturated carbocycles. The Kier molecular flexibility index (Phi) is 3.83. The Labute approximate surface area is 130 Å². The van der Waals surface area contributed by atoms with Gasteiger partial charge in [0.25, 0.3) is 5.91 Å². The highest BCUT2D eigenvalue weighted by Gasteiger charge is 2.26. The summed E-state index contributed by atoms with van der Waals surface area (Å²) < 4.78 is 5.69. The van der Waals surface area contributed by atoms with E-state index in [0.717, 1.165) is 22.4 Å². The van der Waals surface area contributed by atoms with Crippen LogP contribution in [0, 0.1) is 13.8 Å². The van der Waals surface area contributed by atoms with Crippen LogP contribution in [0.4, 0.5) is 0 Å². The molecule has 1 aromatic carbocycles. The molecule has 1 aliphatic heterocycles. The molecule has 2 atom stereocenters. The SMILES string of the molecule is Cc1nc2ccc(C(=O)N3C[C@H](C)O[C@@H](C)C3)cc2nc1C. The molecular formula is C17H21N3O2. The number of fused-ring (bicyclic) bond motifs is 1. The highest BCUT2D eigenvalue weighted by Crippen LogP contribution is 2.18. The molecule has 22 heavy (non-hydrogen) atoms. The van der Waals surface area contributed by atoms with Gasteiger partial charge < -0.3 is 9.64 Å². The fraction of sp³-hybridized carbons (Fsp3) is 0.471. The number of ether oxygens (including phenoxy) is 1. The van der Waals surface area contributed by atoms with E-state index in [2.05, 4.69) is 9.97 Å². The van der Waals surface area contributed by atoms with Gasteiger partial charge in [0.15, 0.2) is 0 Å². The first-order chi connectivity index (χ1) is 10.4. The number of hydrogen-bond acceptors (Lipinski definition) is 4. The van der Waals surface area contributed by atoms with Crippen LogP contribution in [0.3, 0.4) is 0 Å². The molecule has 1 fully saturated rings. The average molecular weight is 299 g/mol. The van der Waals surface area contributed by atoms with Crippen molar-refractivity contribution in [2.75, 3.05) is 13.1 Å². The molecule has 1 saturated heterocycles. The zero-order chi connectivity index (χ0) is 15.9. The van der Waals surface area contributed by atoms with Crippen molar-refractivity contribution in [3.8, 4) is 0 Å². The molecular weight excluding hydrogens is 278 g/mol. The third-order valence-electron chi connectivity index (χ3n) is 4.03. The quantitative estimate of drug-likeness (QED) is 0.812. The summed E-state index contributed by atoms with van der Waals surface area (Å²) in [6.07, 6.45) is 0.135. The van der Waals surface area contributed by atoms with Crippen molar-refractivity contribution in [3.05, 3.63) is 35.2 Å². The van der Waals surface area contributed by atoms with Gasteiger partial charge in [0.1, 0.15) is 0 Å². The van der Waals surface area contributed by atoms with Crippen molar-refractivity contribution in [1.82, 2.24) is 14.9 Å². The van der Waals surface area contributed by atoms with E-state index in [1.165, 1.54) is 0 Å². The lowest BCUT2D eigenvalue weighted by molar-refractivity contribution is -0.0586. The van der Waals surface area contributed by atoms with Gasteiger partial charge in [-0.2, -0.15) is 0 Å². The Morgan fingerprint density at radius 2 is 1.68 bits per heavy atom. The highest BCUT2D eigenvalue weighted by atomic mass is 16.5. The molecule has 2 aromatic rings. The zero-order valence-electron chi connectivity index (χ0n) is 13.5. The second-order valence-corrected chi connectivity index (χ2v) is 6.07. The molecule has 1 aromatic heterocycles. The number of amides is 1. The molecule has 0 aliphatic carbocycles. The van der Waals surface area contributed by atoms with Crippen molar-refractivity contribution < 1.29 is 9.53 Å². The minimum Gasteiger partial charge on any atom is -0.372 e. The van der Waals surface area contributed by atoms with Gasteiger partial charge in [-0.15, -0.1) is 0 Å². The van der Waals surface area contributed by atoms with Gasteiger partial charge in [-0.05, 0) is 45.9 Å². The number of morpholine rings is 1. The topological polar surface area (TPSA) is 55.3 Å². The molecule has 0 bridgehead atoms. The van der Waals surface area contributed by atoms with Crippen LogP contribution in [0.15, 0.2) is 18.2 Å². The van der Waals surface area contributed by atoms with Gasteiger partial charge in [0.05, 0.1) is 34.6 Å². The third kappa shape index (κ3) is 2.81. The van der Waals surface area contributed by atoms with Crippen LogP contribution in [0.2, 0.25) is 0 Å². The molecule has 0 unspecified atom stereocenters. The predicted molar refractivity (Wildman–Crippen MR) is 84.9 cm³/mol. The molecule has 116 valence electrons. The molecule has 3 rings (SSSR count). The third-order valence-corrected chi connectivity index (χ3v) is 4.03. The Morgan fingerprint density at radius 1 is 1.09 bits per heavy atom. The normalized spacial score (nSPS) is 22.1. The van der Waals surface area contributed by atoms with E-state index in [9.17, 15) is 4.79 Å². The van der Waals surface area contributed by atoms with E-state index in [-0.39, 0.29) is 18.1 Å². The van der Waals surface area contributed by atoms with Crippen LogP contribution in [-0.2, 0) is 4.74 Å². The molecule has 1 amide bonds. The number of aromatic nitrogens is 2. The predicted octanol–water partition coefficient (Wildman–Crippen LogP) is 2.50. The van der Waals surface area contributed by atoms with Crippen molar-refractivity contribution >= 4 is 16.9 Å². The van der Waals surface area contributed by atoms with Crippen LogP contribution in [0.5, 0.6) is 0 Å². The molecule has 5 nitrogen and oxygen atoms in total. The summed E-state index contributed by atoms with van der Waals surface area (Å²) in [4.78, 5) is 23.6. The van der Waals surface area contributed by atoms with Crippen LogP contribution in [-0.4, -0.2) is 46.1 Å². The van der Waals surface area contributed by atoms with Gasteiger partial charge in [0, 0.05) is 18.7 Å². The standard InChI is InChI=1S/C17H21N3O2/c1-10-8-20(9-11(2)22-10)17(21)14-5-6-15-16(7-14)19-13(4)12(3)18-15/h5-7,10-11H,8-9H2,1-4H3/t10-,11-/m0/s1. The summed E-state index contributed by atoms with van der Waals surface area (Å²) in [6.45, 7) is 9.11. The van der Waals surface area contributed by atoms with E-state index in [1.54, 1.807) is 0 Å². The van der Waals surface area contributed by atoms with E-state index in [1.807, 2.05) is 50.8 Å². The van der Waals surface area contributed by atoms with E-state index >= 15 is 0 Å². The number of carbonyl (C=O) groups is 1. The zero-order valence-corrected chi connectivity index (χ0v) is 13.5. The first kappa shape index (κ1) is 14.9. The first-order valence-electron chi connectivity index (χ1n) is 7.64. The number of benzene rings is 1. The van der Waals surface area contributed by atoms with E-state index in [4.69, 9.17) is 4.74 Å². The molecule has 0 radical (unpaired) electrons. The summed E-state index contributed by atoms with van der Waals surface area (Å²) in [5, 5.41) is 0. The van der Waals surface area contributed by atoms with E-state index < -0.39 is 0 Å². The van der Waals surface area contributed by atoms with E-state index in [0.29, 0.717) is 18.7 Å². The molecule has 2 heterocycles. The minimum absolute atomic E-state index is 0.0314. The minimum atomic E-state index is 0.0314. The second kappa shape index (κ2) is 5.65. The lowest BCUT2D eigenvalue weighted by Gasteiger charge is -2.35. The van der Waals surface area contributed by atoms with Crippen LogP contribution < -0.4 is 0 Å². The molecule has 1 aliphatic rings.